The molecule has 5 heteroatoms. The maximum absolute atomic E-state index is 8.88. The van der Waals surface area contributed by atoms with Crippen molar-refractivity contribution in [2.24, 2.45) is 0 Å². The molecule has 2 heterocycles. The van der Waals surface area contributed by atoms with Gasteiger partial charge in [0.15, 0.2) is 5.82 Å². The largest absolute Gasteiger partial charge is 0.396 e. The lowest BCUT2D eigenvalue weighted by Gasteiger charge is -2.34. The van der Waals surface area contributed by atoms with Crippen molar-refractivity contribution in [3.05, 3.63) is 11.7 Å². The molecule has 0 saturated carbocycles. The Hall–Kier alpha value is -0.940. The predicted molar refractivity (Wildman–Crippen MR) is 63.8 cm³/mol. The van der Waals surface area contributed by atoms with Crippen molar-refractivity contribution in [1.29, 1.82) is 0 Å². The topological polar surface area (TPSA) is 71.2 Å². The summed E-state index contributed by atoms with van der Waals surface area (Å²) in [6.07, 6.45) is 4.81. The highest BCUT2D eigenvalue weighted by atomic mass is 16.5. The second-order valence-corrected chi connectivity index (χ2v) is 4.77. The van der Waals surface area contributed by atoms with Gasteiger partial charge in [-0.15, -0.1) is 0 Å². The van der Waals surface area contributed by atoms with Crippen LogP contribution in [0.25, 0.3) is 0 Å². The molecular weight excluding hydrogens is 218 g/mol. The van der Waals surface area contributed by atoms with Crippen LogP contribution in [-0.4, -0.2) is 34.9 Å². The van der Waals surface area contributed by atoms with Gasteiger partial charge in [-0.1, -0.05) is 18.5 Å². The summed E-state index contributed by atoms with van der Waals surface area (Å²) in [4.78, 5) is 4.45. The SMILES string of the molecule is CCCC1(c2nc(CCO)no2)CCNCC1. The van der Waals surface area contributed by atoms with Crippen molar-refractivity contribution >= 4 is 0 Å². The Labute approximate surface area is 102 Å². The van der Waals surface area contributed by atoms with Gasteiger partial charge >= 0.3 is 0 Å². The van der Waals surface area contributed by atoms with E-state index in [0.29, 0.717) is 12.2 Å². The summed E-state index contributed by atoms with van der Waals surface area (Å²) in [5, 5.41) is 16.2. The van der Waals surface area contributed by atoms with Crippen LogP contribution in [0, 0.1) is 0 Å². The zero-order valence-corrected chi connectivity index (χ0v) is 10.4. The van der Waals surface area contributed by atoms with Gasteiger partial charge in [0.05, 0.1) is 12.0 Å². The minimum atomic E-state index is 0.0563. The summed E-state index contributed by atoms with van der Waals surface area (Å²) in [5.41, 5.74) is 0.0563. The number of piperidine rings is 1. The van der Waals surface area contributed by atoms with Crippen molar-refractivity contribution in [3.63, 3.8) is 0 Å². The molecule has 2 rings (SSSR count). The van der Waals surface area contributed by atoms with E-state index in [1.54, 1.807) is 0 Å². The fourth-order valence-corrected chi connectivity index (χ4v) is 2.63. The van der Waals surface area contributed by atoms with Crippen LogP contribution in [0.15, 0.2) is 4.52 Å². The van der Waals surface area contributed by atoms with Crippen LogP contribution in [0.3, 0.4) is 0 Å². The lowest BCUT2D eigenvalue weighted by Crippen LogP contribution is -2.40. The molecule has 1 aromatic rings. The Morgan fingerprint density at radius 2 is 2.18 bits per heavy atom. The van der Waals surface area contributed by atoms with Gasteiger partial charge in [-0.3, -0.25) is 0 Å². The number of hydrogen-bond donors (Lipinski definition) is 2. The summed E-state index contributed by atoms with van der Waals surface area (Å²) < 4.78 is 5.41. The normalized spacial score (nSPS) is 19.4. The third-order valence-electron chi connectivity index (χ3n) is 3.55. The zero-order valence-electron chi connectivity index (χ0n) is 10.4. The molecule has 2 N–H and O–H groups in total. The minimum absolute atomic E-state index is 0.0563. The van der Waals surface area contributed by atoms with E-state index in [0.717, 1.165) is 44.7 Å². The molecule has 17 heavy (non-hydrogen) atoms. The number of rotatable bonds is 5. The zero-order chi connectivity index (χ0) is 12.1. The Morgan fingerprint density at radius 1 is 1.41 bits per heavy atom. The Balaban J connectivity index is 2.18. The molecule has 0 radical (unpaired) electrons. The molecule has 0 aromatic carbocycles. The van der Waals surface area contributed by atoms with E-state index < -0.39 is 0 Å². The first-order valence-electron chi connectivity index (χ1n) is 6.45. The maximum Gasteiger partial charge on any atom is 0.232 e. The number of aromatic nitrogens is 2. The minimum Gasteiger partial charge on any atom is -0.396 e. The van der Waals surface area contributed by atoms with Crippen LogP contribution in [0.1, 0.15) is 44.3 Å². The van der Waals surface area contributed by atoms with Crippen LogP contribution in [-0.2, 0) is 11.8 Å². The van der Waals surface area contributed by atoms with E-state index in [-0.39, 0.29) is 12.0 Å². The Bertz CT molecular complexity index is 340. The maximum atomic E-state index is 8.88. The third-order valence-corrected chi connectivity index (χ3v) is 3.55. The number of nitrogens with zero attached hydrogens (tertiary/aromatic N) is 2. The standard InChI is InChI=1S/C12H21N3O2/c1-2-4-12(5-7-13-8-6-12)11-14-10(3-9-16)15-17-11/h13,16H,2-9H2,1H3. The van der Waals surface area contributed by atoms with Crippen LogP contribution < -0.4 is 5.32 Å². The second-order valence-electron chi connectivity index (χ2n) is 4.77. The second kappa shape index (κ2) is 5.60. The quantitative estimate of drug-likeness (QED) is 0.803. The molecule has 1 aliphatic heterocycles. The molecule has 0 unspecified atom stereocenters. The highest BCUT2D eigenvalue weighted by Gasteiger charge is 2.38. The number of aliphatic hydroxyl groups excluding tert-OH is 1. The average Bonchev–Trinajstić information content (AvgIpc) is 2.80. The summed E-state index contributed by atoms with van der Waals surface area (Å²) in [7, 11) is 0. The summed E-state index contributed by atoms with van der Waals surface area (Å²) in [6, 6.07) is 0. The van der Waals surface area contributed by atoms with Gasteiger partial charge in [-0.05, 0) is 32.4 Å². The monoisotopic (exact) mass is 239 g/mol. The van der Waals surface area contributed by atoms with Gasteiger partial charge < -0.3 is 14.9 Å². The van der Waals surface area contributed by atoms with Crippen molar-refractivity contribution in [1.82, 2.24) is 15.5 Å². The van der Waals surface area contributed by atoms with E-state index in [2.05, 4.69) is 22.4 Å². The van der Waals surface area contributed by atoms with Crippen LogP contribution >= 0.6 is 0 Å². The van der Waals surface area contributed by atoms with Crippen LogP contribution in [0.4, 0.5) is 0 Å². The summed E-state index contributed by atoms with van der Waals surface area (Å²) >= 11 is 0. The first kappa shape index (κ1) is 12.5. The van der Waals surface area contributed by atoms with Crippen molar-refractivity contribution in [2.75, 3.05) is 19.7 Å². The molecule has 1 fully saturated rings. The van der Waals surface area contributed by atoms with Crippen molar-refractivity contribution < 1.29 is 9.63 Å². The van der Waals surface area contributed by atoms with Crippen LogP contribution in [0.5, 0.6) is 0 Å². The van der Waals surface area contributed by atoms with E-state index in [4.69, 9.17) is 9.63 Å². The van der Waals surface area contributed by atoms with E-state index >= 15 is 0 Å². The lowest BCUT2D eigenvalue weighted by molar-refractivity contribution is 0.208. The molecule has 96 valence electrons. The summed E-state index contributed by atoms with van der Waals surface area (Å²) in [6.45, 7) is 4.28. The molecule has 0 bridgehead atoms. The van der Waals surface area contributed by atoms with Gasteiger partial charge in [0, 0.05) is 6.42 Å². The fraction of sp³-hybridized carbons (Fsp3) is 0.833. The Morgan fingerprint density at radius 3 is 2.82 bits per heavy atom. The highest BCUT2D eigenvalue weighted by Crippen LogP contribution is 2.36. The van der Waals surface area contributed by atoms with Gasteiger partial charge in [0.25, 0.3) is 0 Å². The molecular formula is C12H21N3O2. The fourth-order valence-electron chi connectivity index (χ4n) is 2.63. The molecule has 1 saturated heterocycles. The predicted octanol–water partition coefficient (Wildman–Crippen LogP) is 1.03. The molecule has 0 spiro atoms. The average molecular weight is 239 g/mol. The van der Waals surface area contributed by atoms with Gasteiger partial charge in [-0.25, -0.2) is 0 Å². The van der Waals surface area contributed by atoms with Gasteiger partial charge in [0.1, 0.15) is 0 Å². The first-order valence-corrected chi connectivity index (χ1v) is 6.45. The first-order chi connectivity index (χ1) is 8.30. The van der Waals surface area contributed by atoms with Gasteiger partial charge in [0.2, 0.25) is 5.89 Å². The van der Waals surface area contributed by atoms with E-state index in [9.17, 15) is 0 Å². The Kier molecular flexibility index (Phi) is 4.12. The molecule has 0 amide bonds. The molecule has 1 aliphatic rings. The molecule has 0 atom stereocenters. The van der Waals surface area contributed by atoms with Gasteiger partial charge in [-0.2, -0.15) is 4.98 Å². The lowest BCUT2D eigenvalue weighted by atomic mass is 9.75. The number of aliphatic hydroxyl groups is 1. The molecule has 5 nitrogen and oxygen atoms in total. The highest BCUT2D eigenvalue weighted by molar-refractivity contribution is 5.07. The third kappa shape index (κ3) is 2.66. The number of hydrogen-bond acceptors (Lipinski definition) is 5. The smallest absolute Gasteiger partial charge is 0.232 e. The van der Waals surface area contributed by atoms with Crippen molar-refractivity contribution in [2.45, 2.75) is 44.4 Å². The van der Waals surface area contributed by atoms with E-state index in [1.807, 2.05) is 0 Å². The summed E-state index contributed by atoms with van der Waals surface area (Å²) in [5.74, 6) is 1.39. The van der Waals surface area contributed by atoms with Crippen molar-refractivity contribution in [3.8, 4) is 0 Å². The van der Waals surface area contributed by atoms with E-state index in [1.165, 1.54) is 0 Å². The molecule has 0 aliphatic carbocycles. The van der Waals surface area contributed by atoms with Crippen LogP contribution in [0.2, 0.25) is 0 Å². The number of nitrogens with one attached hydrogen (secondary N) is 1. The molecule has 1 aromatic heterocycles.